The lowest BCUT2D eigenvalue weighted by molar-refractivity contribution is 0.409. The summed E-state index contributed by atoms with van der Waals surface area (Å²) in [5.74, 6) is 1.09. The van der Waals surface area contributed by atoms with Crippen molar-refractivity contribution in [1.29, 1.82) is 0 Å². The van der Waals surface area contributed by atoms with Gasteiger partial charge in [0.15, 0.2) is 5.82 Å². The van der Waals surface area contributed by atoms with Crippen LogP contribution in [0.15, 0.2) is 54.9 Å². The van der Waals surface area contributed by atoms with Crippen molar-refractivity contribution in [3.63, 3.8) is 0 Å². The van der Waals surface area contributed by atoms with Crippen molar-refractivity contribution in [2.45, 2.75) is 6.54 Å². The van der Waals surface area contributed by atoms with Gasteiger partial charge in [0.25, 0.3) is 0 Å². The third-order valence-corrected chi connectivity index (χ3v) is 3.99. The average Bonchev–Trinajstić information content (AvgIpc) is 3.29. The first-order valence-corrected chi connectivity index (χ1v) is 7.79. The first-order valence-electron chi connectivity index (χ1n) is 7.79. The minimum Gasteiger partial charge on any atom is -0.496 e. The monoisotopic (exact) mass is 337 g/mol. The molecular weight excluding hydrogens is 321 g/mol. The average molecular weight is 337 g/mol. The molecule has 0 saturated heterocycles. The Balaban J connectivity index is 1.62. The number of aromatic nitrogens is 4. The normalized spacial score (nSPS) is 11.0. The molecule has 6 nitrogen and oxygen atoms in total. The van der Waals surface area contributed by atoms with E-state index in [9.17, 15) is 4.39 Å². The van der Waals surface area contributed by atoms with Crippen molar-refractivity contribution in [3.8, 4) is 11.6 Å². The van der Waals surface area contributed by atoms with Crippen LogP contribution in [-0.4, -0.2) is 27.1 Å². The lowest BCUT2D eigenvalue weighted by Crippen LogP contribution is -2.02. The topological polar surface area (TPSA) is 67.8 Å². The standard InChI is InChI=1S/C18H16FN5O/c1-25-17-6-3-13(19)9-12(17)11-20-14-4-5-16-15(10-14)18(23-22-16)24-8-2-7-21-24/h2-10,20H,11H2,1H3,(H,22,23). The van der Waals surface area contributed by atoms with Gasteiger partial charge in [0, 0.05) is 35.6 Å². The van der Waals surface area contributed by atoms with Crippen molar-refractivity contribution in [3.05, 3.63) is 66.2 Å². The van der Waals surface area contributed by atoms with Crippen LogP contribution >= 0.6 is 0 Å². The third kappa shape index (κ3) is 2.91. The van der Waals surface area contributed by atoms with E-state index in [0.29, 0.717) is 12.3 Å². The largest absolute Gasteiger partial charge is 0.496 e. The highest BCUT2D eigenvalue weighted by atomic mass is 19.1. The molecule has 4 rings (SSSR count). The van der Waals surface area contributed by atoms with E-state index in [2.05, 4.69) is 20.6 Å². The summed E-state index contributed by atoms with van der Waals surface area (Å²) in [4.78, 5) is 0. The van der Waals surface area contributed by atoms with Crippen LogP contribution in [0, 0.1) is 5.82 Å². The van der Waals surface area contributed by atoms with Gasteiger partial charge in [-0.15, -0.1) is 0 Å². The number of H-pyrrole nitrogens is 1. The van der Waals surface area contributed by atoms with Crippen molar-refractivity contribution >= 4 is 16.6 Å². The maximum Gasteiger partial charge on any atom is 0.182 e. The summed E-state index contributed by atoms with van der Waals surface area (Å²) in [6.07, 6.45) is 3.55. The van der Waals surface area contributed by atoms with Gasteiger partial charge in [-0.05, 0) is 42.5 Å². The maximum atomic E-state index is 13.5. The van der Waals surface area contributed by atoms with E-state index in [1.54, 1.807) is 24.1 Å². The number of fused-ring (bicyclic) bond motifs is 1. The lowest BCUT2D eigenvalue weighted by Gasteiger charge is -2.11. The molecule has 0 unspecified atom stereocenters. The van der Waals surface area contributed by atoms with E-state index in [4.69, 9.17) is 4.74 Å². The van der Waals surface area contributed by atoms with Gasteiger partial charge in [0.1, 0.15) is 11.6 Å². The Morgan fingerprint density at radius 1 is 1.24 bits per heavy atom. The fraction of sp³-hybridized carbons (Fsp3) is 0.111. The summed E-state index contributed by atoms with van der Waals surface area (Å²) in [7, 11) is 1.57. The molecule has 0 amide bonds. The molecule has 0 atom stereocenters. The van der Waals surface area contributed by atoms with Gasteiger partial charge in [0.2, 0.25) is 0 Å². The second-order valence-corrected chi connectivity index (χ2v) is 5.57. The molecule has 0 fully saturated rings. The van der Waals surface area contributed by atoms with Gasteiger partial charge in [-0.1, -0.05) is 0 Å². The number of nitrogens with one attached hydrogen (secondary N) is 2. The van der Waals surface area contributed by atoms with Crippen molar-refractivity contribution in [2.24, 2.45) is 0 Å². The Morgan fingerprint density at radius 2 is 2.16 bits per heavy atom. The molecule has 25 heavy (non-hydrogen) atoms. The first kappa shape index (κ1) is 15.2. The maximum absolute atomic E-state index is 13.5. The SMILES string of the molecule is COc1ccc(F)cc1CNc1ccc2[nH]nc(-n3cccn3)c2c1. The Kier molecular flexibility index (Phi) is 3.81. The summed E-state index contributed by atoms with van der Waals surface area (Å²) < 4.78 is 20.5. The van der Waals surface area contributed by atoms with Gasteiger partial charge in [-0.3, -0.25) is 5.10 Å². The van der Waals surface area contributed by atoms with Crippen LogP contribution in [0.25, 0.3) is 16.7 Å². The molecule has 7 heteroatoms. The van der Waals surface area contributed by atoms with E-state index in [1.807, 2.05) is 30.5 Å². The number of hydrogen-bond donors (Lipinski definition) is 2. The molecule has 0 saturated carbocycles. The van der Waals surface area contributed by atoms with Crippen LogP contribution in [0.5, 0.6) is 5.75 Å². The molecule has 2 aromatic carbocycles. The van der Waals surface area contributed by atoms with Gasteiger partial charge in [-0.2, -0.15) is 10.2 Å². The third-order valence-electron chi connectivity index (χ3n) is 3.99. The van der Waals surface area contributed by atoms with E-state index < -0.39 is 0 Å². The van der Waals surface area contributed by atoms with E-state index in [1.165, 1.54) is 12.1 Å². The number of methoxy groups -OCH3 is 1. The predicted octanol–water partition coefficient (Wildman–Crippen LogP) is 3.51. The molecule has 0 aliphatic heterocycles. The zero-order chi connectivity index (χ0) is 17.2. The molecule has 2 heterocycles. The molecule has 0 aliphatic rings. The highest BCUT2D eigenvalue weighted by Crippen LogP contribution is 2.25. The number of nitrogens with zero attached hydrogens (tertiary/aromatic N) is 3. The quantitative estimate of drug-likeness (QED) is 0.585. The molecule has 0 aliphatic carbocycles. The minimum atomic E-state index is -0.288. The molecule has 0 bridgehead atoms. The smallest absolute Gasteiger partial charge is 0.182 e. The highest BCUT2D eigenvalue weighted by Gasteiger charge is 2.09. The molecular formula is C18H16FN5O. The van der Waals surface area contributed by atoms with Gasteiger partial charge < -0.3 is 10.1 Å². The summed E-state index contributed by atoms with van der Waals surface area (Å²) in [6, 6.07) is 12.2. The number of halogens is 1. The highest BCUT2D eigenvalue weighted by molar-refractivity contribution is 5.88. The number of rotatable bonds is 5. The van der Waals surface area contributed by atoms with Crippen LogP contribution < -0.4 is 10.1 Å². The molecule has 0 spiro atoms. The van der Waals surface area contributed by atoms with Crippen LogP contribution in [0.3, 0.4) is 0 Å². The molecule has 126 valence electrons. The van der Waals surface area contributed by atoms with E-state index in [0.717, 1.165) is 28.0 Å². The van der Waals surface area contributed by atoms with E-state index in [-0.39, 0.29) is 5.82 Å². The molecule has 2 aromatic heterocycles. The number of ether oxygens (including phenoxy) is 1. The van der Waals surface area contributed by atoms with Crippen LogP contribution in [0.2, 0.25) is 0 Å². The van der Waals surface area contributed by atoms with Crippen molar-refractivity contribution in [2.75, 3.05) is 12.4 Å². The number of hydrogen-bond acceptors (Lipinski definition) is 4. The molecule has 4 aromatic rings. The predicted molar refractivity (Wildman–Crippen MR) is 93.5 cm³/mol. The van der Waals surface area contributed by atoms with Gasteiger partial charge >= 0.3 is 0 Å². The number of anilines is 1. The second kappa shape index (κ2) is 6.27. The van der Waals surface area contributed by atoms with Crippen LogP contribution in [0.1, 0.15) is 5.56 Å². The van der Waals surface area contributed by atoms with E-state index >= 15 is 0 Å². The number of aromatic amines is 1. The fourth-order valence-corrected chi connectivity index (χ4v) is 2.76. The number of benzene rings is 2. The van der Waals surface area contributed by atoms with Crippen molar-refractivity contribution in [1.82, 2.24) is 20.0 Å². The van der Waals surface area contributed by atoms with Gasteiger partial charge in [-0.25, -0.2) is 9.07 Å². The first-order chi connectivity index (χ1) is 12.2. The zero-order valence-electron chi connectivity index (χ0n) is 13.5. The lowest BCUT2D eigenvalue weighted by atomic mass is 10.1. The summed E-state index contributed by atoms with van der Waals surface area (Å²) in [5.41, 5.74) is 2.56. The fourth-order valence-electron chi connectivity index (χ4n) is 2.76. The Morgan fingerprint density at radius 3 is 2.96 bits per heavy atom. The summed E-state index contributed by atoms with van der Waals surface area (Å²) in [5, 5.41) is 15.8. The zero-order valence-corrected chi connectivity index (χ0v) is 13.5. The Hall–Kier alpha value is -3.35. The van der Waals surface area contributed by atoms with Crippen LogP contribution in [-0.2, 0) is 6.54 Å². The summed E-state index contributed by atoms with van der Waals surface area (Å²) in [6.45, 7) is 0.446. The molecule has 0 radical (unpaired) electrons. The van der Waals surface area contributed by atoms with Gasteiger partial charge in [0.05, 0.1) is 12.6 Å². The second-order valence-electron chi connectivity index (χ2n) is 5.57. The minimum absolute atomic E-state index is 0.288. The Bertz CT molecular complexity index is 1010. The van der Waals surface area contributed by atoms with Crippen molar-refractivity contribution < 1.29 is 9.13 Å². The Labute approximate surface area is 143 Å². The summed E-state index contributed by atoms with van der Waals surface area (Å²) >= 11 is 0. The van der Waals surface area contributed by atoms with Crippen LogP contribution in [0.4, 0.5) is 10.1 Å². The molecule has 2 N–H and O–H groups in total.